The van der Waals surface area contributed by atoms with Gasteiger partial charge < -0.3 is 15.3 Å². The number of nitrogens with zero attached hydrogens (tertiary/aromatic N) is 1. The second-order valence-electron chi connectivity index (χ2n) is 6.46. The number of amides is 2. The van der Waals surface area contributed by atoms with Crippen molar-refractivity contribution in [2.45, 2.75) is 64.3 Å². The minimum Gasteiger partial charge on any atom is -0.481 e. The topological polar surface area (TPSA) is 69.6 Å². The molecular formula is C16H28N2O3. The molecule has 5 heteroatoms. The summed E-state index contributed by atoms with van der Waals surface area (Å²) in [6.07, 6.45) is 8.58. The van der Waals surface area contributed by atoms with Gasteiger partial charge in [-0.2, -0.15) is 0 Å². The third-order valence-corrected chi connectivity index (χ3v) is 4.99. The highest BCUT2D eigenvalue weighted by atomic mass is 16.4. The maximum absolute atomic E-state index is 12.4. The molecule has 0 spiro atoms. The van der Waals surface area contributed by atoms with Crippen LogP contribution >= 0.6 is 0 Å². The van der Waals surface area contributed by atoms with Gasteiger partial charge in [0.2, 0.25) is 0 Å². The molecule has 5 nitrogen and oxygen atoms in total. The van der Waals surface area contributed by atoms with E-state index in [1.54, 1.807) is 0 Å². The Morgan fingerprint density at radius 1 is 1.24 bits per heavy atom. The maximum Gasteiger partial charge on any atom is 0.317 e. The van der Waals surface area contributed by atoms with Crippen LogP contribution in [-0.2, 0) is 4.79 Å². The standard InChI is InChI=1S/C16H28N2O3/c1-2-6-13(15(19)20)11-17-16(21)18-10-5-8-12-7-3-4-9-14(12)18/h12-14H,2-11H2,1H3,(H,17,21)(H,19,20)/t12-,13?,14-/m1/s1. The lowest BCUT2D eigenvalue weighted by Crippen LogP contribution is -2.53. The van der Waals surface area contributed by atoms with Crippen LogP contribution in [-0.4, -0.2) is 41.1 Å². The number of nitrogens with one attached hydrogen (secondary N) is 1. The molecule has 2 aliphatic rings. The summed E-state index contributed by atoms with van der Waals surface area (Å²) < 4.78 is 0. The van der Waals surface area contributed by atoms with Gasteiger partial charge in [-0.25, -0.2) is 4.79 Å². The molecule has 2 rings (SSSR count). The van der Waals surface area contributed by atoms with E-state index in [0.29, 0.717) is 18.4 Å². The highest BCUT2D eigenvalue weighted by Gasteiger charge is 2.35. The largest absolute Gasteiger partial charge is 0.481 e. The van der Waals surface area contributed by atoms with Gasteiger partial charge in [-0.05, 0) is 38.0 Å². The Labute approximate surface area is 127 Å². The highest BCUT2D eigenvalue weighted by molar-refractivity contribution is 5.76. The van der Waals surface area contributed by atoms with Crippen LogP contribution in [0.5, 0.6) is 0 Å². The number of fused-ring (bicyclic) bond motifs is 1. The zero-order chi connectivity index (χ0) is 15.2. The fraction of sp³-hybridized carbons (Fsp3) is 0.875. The first-order valence-corrected chi connectivity index (χ1v) is 8.40. The number of aliphatic carboxylic acids is 1. The summed E-state index contributed by atoms with van der Waals surface area (Å²) >= 11 is 0. The number of carbonyl (C=O) groups is 2. The van der Waals surface area contributed by atoms with Crippen LogP contribution in [0.2, 0.25) is 0 Å². The van der Waals surface area contributed by atoms with Crippen molar-refractivity contribution in [2.24, 2.45) is 11.8 Å². The number of piperidine rings is 1. The summed E-state index contributed by atoms with van der Waals surface area (Å²) in [6.45, 7) is 3.03. The zero-order valence-electron chi connectivity index (χ0n) is 13.0. The second-order valence-corrected chi connectivity index (χ2v) is 6.46. The molecule has 2 N–H and O–H groups in total. The van der Waals surface area contributed by atoms with E-state index < -0.39 is 11.9 Å². The van der Waals surface area contributed by atoms with Crippen LogP contribution in [0.25, 0.3) is 0 Å². The van der Waals surface area contributed by atoms with E-state index in [0.717, 1.165) is 25.8 Å². The van der Waals surface area contributed by atoms with Crippen molar-refractivity contribution < 1.29 is 14.7 Å². The zero-order valence-corrected chi connectivity index (χ0v) is 13.0. The third-order valence-electron chi connectivity index (χ3n) is 4.99. The van der Waals surface area contributed by atoms with Gasteiger partial charge in [-0.1, -0.05) is 26.2 Å². The number of carboxylic acid groups (broad SMARTS) is 1. The quantitative estimate of drug-likeness (QED) is 0.819. The van der Waals surface area contributed by atoms with Gasteiger partial charge in [0.05, 0.1) is 5.92 Å². The molecule has 21 heavy (non-hydrogen) atoms. The predicted molar refractivity (Wildman–Crippen MR) is 81.1 cm³/mol. The number of likely N-dealkylation sites (tertiary alicyclic amines) is 1. The smallest absolute Gasteiger partial charge is 0.317 e. The number of carbonyl (C=O) groups excluding carboxylic acids is 1. The Morgan fingerprint density at radius 2 is 1.95 bits per heavy atom. The molecule has 1 aliphatic carbocycles. The Balaban J connectivity index is 1.88. The van der Waals surface area contributed by atoms with Crippen LogP contribution in [0.4, 0.5) is 4.79 Å². The average Bonchev–Trinajstić information content (AvgIpc) is 2.50. The van der Waals surface area contributed by atoms with Crippen LogP contribution in [0.1, 0.15) is 58.3 Å². The molecule has 0 aromatic rings. The van der Waals surface area contributed by atoms with E-state index in [1.807, 2.05) is 11.8 Å². The summed E-state index contributed by atoms with van der Waals surface area (Å²) in [5.41, 5.74) is 0. The minimum absolute atomic E-state index is 0.0612. The molecule has 0 aromatic carbocycles. The van der Waals surface area contributed by atoms with Crippen molar-refractivity contribution in [2.75, 3.05) is 13.1 Å². The lowest BCUT2D eigenvalue weighted by molar-refractivity contribution is -0.141. The van der Waals surface area contributed by atoms with E-state index >= 15 is 0 Å². The Hall–Kier alpha value is -1.26. The molecule has 1 unspecified atom stereocenters. The molecule has 1 saturated carbocycles. The minimum atomic E-state index is -0.814. The molecule has 1 heterocycles. The fourth-order valence-corrected chi connectivity index (χ4v) is 3.85. The van der Waals surface area contributed by atoms with Gasteiger partial charge in [-0.15, -0.1) is 0 Å². The lowest BCUT2D eigenvalue weighted by atomic mass is 9.78. The first kappa shape index (κ1) is 16.1. The second kappa shape index (κ2) is 7.66. The monoisotopic (exact) mass is 296 g/mol. The third kappa shape index (κ3) is 4.11. The van der Waals surface area contributed by atoms with Crippen molar-refractivity contribution >= 4 is 12.0 Å². The van der Waals surface area contributed by atoms with Gasteiger partial charge in [0, 0.05) is 19.1 Å². The van der Waals surface area contributed by atoms with Crippen LogP contribution in [0.3, 0.4) is 0 Å². The molecule has 0 aromatic heterocycles. The number of carboxylic acids is 1. The average molecular weight is 296 g/mol. The van der Waals surface area contributed by atoms with E-state index in [4.69, 9.17) is 5.11 Å². The normalized spacial score (nSPS) is 26.8. The molecule has 2 fully saturated rings. The van der Waals surface area contributed by atoms with E-state index in [-0.39, 0.29) is 12.6 Å². The van der Waals surface area contributed by atoms with Gasteiger partial charge in [0.15, 0.2) is 0 Å². The van der Waals surface area contributed by atoms with Crippen molar-refractivity contribution in [1.82, 2.24) is 10.2 Å². The summed E-state index contributed by atoms with van der Waals surface area (Å²) in [7, 11) is 0. The number of hydrogen-bond acceptors (Lipinski definition) is 2. The molecule has 1 aliphatic heterocycles. The maximum atomic E-state index is 12.4. The van der Waals surface area contributed by atoms with Crippen LogP contribution < -0.4 is 5.32 Å². The number of urea groups is 1. The van der Waals surface area contributed by atoms with E-state index in [9.17, 15) is 9.59 Å². The van der Waals surface area contributed by atoms with Crippen molar-refractivity contribution in [3.05, 3.63) is 0 Å². The van der Waals surface area contributed by atoms with E-state index in [1.165, 1.54) is 25.7 Å². The SMILES string of the molecule is CCCC(CNC(=O)N1CCC[C@H]2CCCC[C@H]21)C(=O)O. The first-order chi connectivity index (χ1) is 10.1. The number of rotatable bonds is 5. The van der Waals surface area contributed by atoms with E-state index in [2.05, 4.69) is 5.32 Å². The Morgan fingerprint density at radius 3 is 2.67 bits per heavy atom. The van der Waals surface area contributed by atoms with Crippen LogP contribution in [0, 0.1) is 11.8 Å². The van der Waals surface area contributed by atoms with Gasteiger partial charge >= 0.3 is 12.0 Å². The summed E-state index contributed by atoms with van der Waals surface area (Å²) in [5.74, 6) is -0.624. The molecule has 0 radical (unpaired) electrons. The lowest BCUT2D eigenvalue weighted by Gasteiger charge is -2.44. The molecular weight excluding hydrogens is 268 g/mol. The Bertz CT molecular complexity index is 371. The highest BCUT2D eigenvalue weighted by Crippen LogP contribution is 2.35. The van der Waals surface area contributed by atoms with Crippen molar-refractivity contribution in [3.8, 4) is 0 Å². The number of hydrogen-bond donors (Lipinski definition) is 2. The van der Waals surface area contributed by atoms with Crippen LogP contribution in [0.15, 0.2) is 0 Å². The summed E-state index contributed by atoms with van der Waals surface area (Å²) in [5, 5.41) is 12.0. The molecule has 3 atom stereocenters. The molecule has 2 amide bonds. The predicted octanol–water partition coefficient (Wildman–Crippen LogP) is 2.85. The molecule has 0 bridgehead atoms. The molecule has 1 saturated heterocycles. The van der Waals surface area contributed by atoms with Gasteiger partial charge in [-0.3, -0.25) is 4.79 Å². The summed E-state index contributed by atoms with van der Waals surface area (Å²) in [6, 6.07) is 0.316. The first-order valence-electron chi connectivity index (χ1n) is 8.40. The van der Waals surface area contributed by atoms with Crippen molar-refractivity contribution in [3.63, 3.8) is 0 Å². The van der Waals surface area contributed by atoms with Gasteiger partial charge in [0.25, 0.3) is 0 Å². The van der Waals surface area contributed by atoms with Crippen molar-refractivity contribution in [1.29, 1.82) is 0 Å². The Kier molecular flexibility index (Phi) is 5.88. The molecule has 120 valence electrons. The van der Waals surface area contributed by atoms with Gasteiger partial charge in [0.1, 0.15) is 0 Å². The fourth-order valence-electron chi connectivity index (χ4n) is 3.85. The summed E-state index contributed by atoms with van der Waals surface area (Å²) in [4.78, 5) is 25.5.